The summed E-state index contributed by atoms with van der Waals surface area (Å²) in [5.74, 6) is 2.94. The van der Waals surface area contributed by atoms with Crippen LogP contribution in [0.2, 0.25) is 0 Å². The molecule has 8 unspecified atom stereocenters. The Balaban J connectivity index is 1.69. The highest BCUT2D eigenvalue weighted by molar-refractivity contribution is 5.49. The predicted molar refractivity (Wildman–Crippen MR) is 61.7 cm³/mol. The first-order chi connectivity index (χ1) is 9.18. The Morgan fingerprint density at radius 3 is 1.95 bits per heavy atom. The van der Waals surface area contributed by atoms with Gasteiger partial charge in [-0.1, -0.05) is 0 Å². The molecule has 8 rings (SSSR count). The summed E-state index contributed by atoms with van der Waals surface area (Å²) in [6, 6.07) is 0.503. The van der Waals surface area contributed by atoms with Crippen LogP contribution in [-0.2, 0) is 11.8 Å². The fourth-order valence-corrected chi connectivity index (χ4v) is 7.74. The van der Waals surface area contributed by atoms with Crippen LogP contribution in [0.1, 0.15) is 12.1 Å². The normalized spacial score (nSPS) is 63.2. The fraction of sp³-hybridized carbons (Fsp3) is 0.846. The van der Waals surface area contributed by atoms with Gasteiger partial charge >= 0.3 is 11.4 Å². The molecule has 1 saturated heterocycles. The highest BCUT2D eigenvalue weighted by atomic mass is 16.5. The Morgan fingerprint density at radius 2 is 1.47 bits per heavy atom. The minimum absolute atomic E-state index is 0.123. The van der Waals surface area contributed by atoms with E-state index in [1.165, 1.54) is 4.57 Å². The van der Waals surface area contributed by atoms with Crippen molar-refractivity contribution in [1.82, 2.24) is 13.9 Å². The second kappa shape index (κ2) is 1.89. The van der Waals surface area contributed by atoms with Crippen LogP contribution in [0, 0.1) is 34.5 Å². The Bertz CT molecular complexity index is 768. The first-order valence-corrected chi connectivity index (χ1v) is 7.16. The lowest BCUT2D eigenvalue weighted by molar-refractivity contribution is -0.533. The van der Waals surface area contributed by atoms with Crippen LogP contribution in [0.15, 0.2) is 9.59 Å². The molecule has 0 aromatic carbocycles. The van der Waals surface area contributed by atoms with E-state index in [1.807, 2.05) is 0 Å². The first kappa shape index (κ1) is 8.79. The molecule has 2 spiro atoms. The van der Waals surface area contributed by atoms with Gasteiger partial charge in [-0.3, -0.25) is 0 Å². The molecule has 0 amide bonds. The third kappa shape index (κ3) is 0.429. The van der Waals surface area contributed by atoms with Crippen molar-refractivity contribution < 1.29 is 4.74 Å². The summed E-state index contributed by atoms with van der Waals surface area (Å²) in [5, 5.41) is 0. The van der Waals surface area contributed by atoms with Gasteiger partial charge in [-0.15, -0.1) is 0 Å². The van der Waals surface area contributed by atoms with Gasteiger partial charge in [0, 0.05) is 17.9 Å². The molecule has 4 saturated carbocycles. The SMILES string of the molecule is Cn1c(=O)n2n(c1=O)C1C3C4C5C3C13COCC53C42. The van der Waals surface area contributed by atoms with Crippen molar-refractivity contribution in [1.29, 1.82) is 0 Å². The van der Waals surface area contributed by atoms with Crippen molar-refractivity contribution in [2.75, 3.05) is 13.2 Å². The zero-order valence-electron chi connectivity index (χ0n) is 10.4. The number of ether oxygens (including phenoxy) is 1. The van der Waals surface area contributed by atoms with Crippen molar-refractivity contribution in [3.05, 3.63) is 21.0 Å². The van der Waals surface area contributed by atoms with Crippen LogP contribution in [0.25, 0.3) is 0 Å². The quantitative estimate of drug-likeness (QED) is 0.598. The lowest BCUT2D eigenvalue weighted by atomic mass is 9.06. The van der Waals surface area contributed by atoms with Crippen LogP contribution in [0.4, 0.5) is 0 Å². The molecule has 7 aliphatic rings. The summed E-state index contributed by atoms with van der Waals surface area (Å²) in [6.07, 6.45) is 0. The molecule has 98 valence electrons. The van der Waals surface area contributed by atoms with Gasteiger partial charge in [0.25, 0.3) is 0 Å². The highest BCUT2D eigenvalue weighted by Crippen LogP contribution is 3.03. The van der Waals surface area contributed by atoms with Gasteiger partial charge in [0.1, 0.15) is 0 Å². The molecular weight excluding hydrogens is 246 g/mol. The lowest BCUT2D eigenvalue weighted by Gasteiger charge is -2.99. The molecular formula is C13H13N3O3. The van der Waals surface area contributed by atoms with E-state index in [-0.39, 0.29) is 34.3 Å². The summed E-state index contributed by atoms with van der Waals surface area (Å²) in [5.41, 5.74) is 0.197. The van der Waals surface area contributed by atoms with E-state index in [2.05, 4.69) is 0 Å². The molecule has 4 heterocycles. The number of hydrogen-bond acceptors (Lipinski definition) is 3. The van der Waals surface area contributed by atoms with E-state index in [0.29, 0.717) is 11.8 Å². The third-order valence-corrected chi connectivity index (χ3v) is 7.91. The predicted octanol–water partition coefficient (Wildman–Crippen LogP) is -1.03. The van der Waals surface area contributed by atoms with Gasteiger partial charge in [0.05, 0.1) is 25.3 Å². The third-order valence-electron chi connectivity index (χ3n) is 7.91. The average molecular weight is 259 g/mol. The van der Waals surface area contributed by atoms with Crippen LogP contribution < -0.4 is 11.4 Å². The molecule has 3 aliphatic heterocycles. The van der Waals surface area contributed by atoms with Crippen molar-refractivity contribution in [2.24, 2.45) is 41.5 Å². The smallest absolute Gasteiger partial charge is 0.347 e. The largest absolute Gasteiger partial charge is 0.380 e. The monoisotopic (exact) mass is 259 g/mol. The second-order valence-electron chi connectivity index (χ2n) is 7.48. The molecule has 2 bridgehead atoms. The van der Waals surface area contributed by atoms with Gasteiger partial charge in [-0.2, -0.15) is 0 Å². The molecule has 1 aromatic rings. The van der Waals surface area contributed by atoms with Crippen LogP contribution in [0.5, 0.6) is 0 Å². The molecule has 4 aliphatic carbocycles. The summed E-state index contributed by atoms with van der Waals surface area (Å²) in [6.45, 7) is 1.63. The molecule has 6 nitrogen and oxygen atoms in total. The maximum Gasteiger partial charge on any atom is 0.347 e. The van der Waals surface area contributed by atoms with Crippen molar-refractivity contribution in [2.45, 2.75) is 12.1 Å². The number of hydrogen-bond donors (Lipinski definition) is 0. The van der Waals surface area contributed by atoms with Crippen LogP contribution >= 0.6 is 0 Å². The van der Waals surface area contributed by atoms with E-state index in [1.54, 1.807) is 16.4 Å². The number of aromatic nitrogens is 3. The minimum atomic E-state index is -0.123. The highest BCUT2D eigenvalue weighted by Gasteiger charge is 3.04. The van der Waals surface area contributed by atoms with Crippen LogP contribution in [0.3, 0.4) is 0 Å². The molecule has 0 N–H and O–H groups in total. The van der Waals surface area contributed by atoms with Gasteiger partial charge in [-0.25, -0.2) is 23.5 Å². The molecule has 0 radical (unpaired) electrons. The average Bonchev–Trinajstić information content (AvgIpc) is 2.87. The summed E-state index contributed by atoms with van der Waals surface area (Å²) in [7, 11) is 1.61. The molecule has 19 heavy (non-hydrogen) atoms. The van der Waals surface area contributed by atoms with Crippen molar-refractivity contribution in [3.63, 3.8) is 0 Å². The molecule has 8 atom stereocenters. The van der Waals surface area contributed by atoms with E-state index in [0.717, 1.165) is 25.0 Å². The van der Waals surface area contributed by atoms with Gasteiger partial charge in [0.2, 0.25) is 0 Å². The van der Waals surface area contributed by atoms with Gasteiger partial charge < -0.3 is 4.74 Å². The Labute approximate surface area is 107 Å². The van der Waals surface area contributed by atoms with E-state index in [9.17, 15) is 9.59 Å². The van der Waals surface area contributed by atoms with E-state index < -0.39 is 0 Å². The molecule has 1 aromatic heterocycles. The van der Waals surface area contributed by atoms with Crippen molar-refractivity contribution in [3.8, 4) is 0 Å². The van der Waals surface area contributed by atoms with E-state index in [4.69, 9.17) is 4.74 Å². The molecule has 5 fully saturated rings. The van der Waals surface area contributed by atoms with Gasteiger partial charge in [0.15, 0.2) is 0 Å². The van der Waals surface area contributed by atoms with Crippen molar-refractivity contribution >= 4 is 0 Å². The Kier molecular flexibility index (Phi) is 0.873. The molecule has 6 heteroatoms. The van der Waals surface area contributed by atoms with E-state index >= 15 is 0 Å². The summed E-state index contributed by atoms with van der Waals surface area (Å²) >= 11 is 0. The number of nitrogens with zero attached hydrogens (tertiary/aromatic N) is 3. The number of rotatable bonds is 0. The van der Waals surface area contributed by atoms with Gasteiger partial charge in [-0.05, 0) is 23.7 Å². The standard InChI is InChI=1S/C13H13N3O3/c1-14-10(17)15-8-4-5-7-6(4)12(8)2-19-3-13(7,12)9(5)16(15)11(14)18/h4-9H,2-3H2,1H3. The Hall–Kier alpha value is -1.30. The summed E-state index contributed by atoms with van der Waals surface area (Å²) in [4.78, 5) is 24.7. The second-order valence-corrected chi connectivity index (χ2v) is 7.48. The topological polar surface area (TPSA) is 58.2 Å². The fourth-order valence-electron chi connectivity index (χ4n) is 7.74. The zero-order valence-corrected chi connectivity index (χ0v) is 10.4. The Morgan fingerprint density at radius 1 is 1.00 bits per heavy atom. The zero-order chi connectivity index (χ0) is 12.5. The summed E-state index contributed by atoms with van der Waals surface area (Å²) < 4.78 is 10.7. The maximum absolute atomic E-state index is 12.4. The van der Waals surface area contributed by atoms with Crippen LogP contribution in [-0.4, -0.2) is 27.1 Å². The minimum Gasteiger partial charge on any atom is -0.380 e. The first-order valence-electron chi connectivity index (χ1n) is 7.16. The lowest BCUT2D eigenvalue weighted by Crippen LogP contribution is -3.00. The maximum atomic E-state index is 12.4.